The molecule has 0 aromatic heterocycles. The van der Waals surface area contributed by atoms with Crippen LogP contribution in [0.4, 0.5) is 11.4 Å². The molecule has 0 aliphatic heterocycles. The largest absolute Gasteiger partial charge is 0.321 e. The number of carbonyl (C=O) groups is 1. The van der Waals surface area contributed by atoms with E-state index in [4.69, 9.17) is 23.2 Å². The van der Waals surface area contributed by atoms with Crippen LogP contribution in [0.1, 0.15) is 10.4 Å². The van der Waals surface area contributed by atoms with Gasteiger partial charge in [-0.1, -0.05) is 47.5 Å². The Balaban J connectivity index is 1.84. The van der Waals surface area contributed by atoms with Crippen LogP contribution in [0.15, 0.2) is 77.7 Å². The van der Waals surface area contributed by atoms with Crippen LogP contribution in [0, 0.1) is 0 Å². The Bertz CT molecular complexity index is 1090. The van der Waals surface area contributed by atoms with Crippen LogP contribution >= 0.6 is 23.2 Å². The number of rotatable bonds is 5. The number of nitrogens with one attached hydrogen (secondary N) is 2. The van der Waals surface area contributed by atoms with Gasteiger partial charge in [0.25, 0.3) is 15.9 Å². The lowest BCUT2D eigenvalue weighted by molar-refractivity contribution is 0.102. The summed E-state index contributed by atoms with van der Waals surface area (Å²) in [6.07, 6.45) is 0. The van der Waals surface area contributed by atoms with Gasteiger partial charge in [-0.2, -0.15) is 0 Å². The average Bonchev–Trinajstić information content (AvgIpc) is 2.65. The lowest BCUT2D eigenvalue weighted by atomic mass is 10.2. The molecule has 0 aliphatic rings. The number of hydrogen-bond donors (Lipinski definition) is 2. The quantitative estimate of drug-likeness (QED) is 0.606. The zero-order chi connectivity index (χ0) is 19.4. The van der Waals surface area contributed by atoms with E-state index in [9.17, 15) is 13.2 Å². The summed E-state index contributed by atoms with van der Waals surface area (Å²) in [7, 11) is -3.83. The third kappa shape index (κ3) is 4.80. The van der Waals surface area contributed by atoms with Crippen LogP contribution in [0.5, 0.6) is 0 Å². The normalized spacial score (nSPS) is 11.0. The van der Waals surface area contributed by atoms with Crippen LogP contribution in [0.3, 0.4) is 0 Å². The second-order valence-corrected chi connectivity index (χ2v) is 8.10. The van der Waals surface area contributed by atoms with Gasteiger partial charge in [-0.25, -0.2) is 8.42 Å². The second kappa shape index (κ2) is 8.00. The standard InChI is InChI=1S/C19H14Cl2N2O3S/c20-14-9-10-17(21)18(12-14)22-19(24)13-5-4-8-16(11-13)27(25,26)23-15-6-2-1-3-7-15/h1-12,23H,(H,22,24). The van der Waals surface area contributed by atoms with Crippen LogP contribution in [0.25, 0.3) is 0 Å². The van der Waals surface area contributed by atoms with E-state index < -0.39 is 15.9 Å². The molecule has 1 amide bonds. The highest BCUT2D eigenvalue weighted by Gasteiger charge is 2.17. The van der Waals surface area contributed by atoms with Gasteiger partial charge in [0, 0.05) is 16.3 Å². The van der Waals surface area contributed by atoms with Crippen molar-refractivity contribution >= 4 is 50.5 Å². The van der Waals surface area contributed by atoms with Gasteiger partial charge in [0.15, 0.2) is 0 Å². The summed E-state index contributed by atoms with van der Waals surface area (Å²) in [4.78, 5) is 12.5. The van der Waals surface area contributed by atoms with Gasteiger partial charge in [0.05, 0.1) is 15.6 Å². The highest BCUT2D eigenvalue weighted by molar-refractivity contribution is 7.92. The summed E-state index contributed by atoms with van der Waals surface area (Å²) in [5, 5.41) is 3.36. The van der Waals surface area contributed by atoms with Gasteiger partial charge in [-0.3, -0.25) is 9.52 Å². The summed E-state index contributed by atoms with van der Waals surface area (Å²) >= 11 is 12.0. The number of anilines is 2. The van der Waals surface area contributed by atoms with Gasteiger partial charge in [0.1, 0.15) is 0 Å². The molecule has 3 aromatic carbocycles. The van der Waals surface area contributed by atoms with E-state index in [1.807, 2.05) is 0 Å². The Labute approximate surface area is 167 Å². The molecule has 0 aliphatic carbocycles. The number of para-hydroxylation sites is 1. The number of carbonyl (C=O) groups excluding carboxylic acids is 1. The van der Waals surface area contributed by atoms with E-state index in [0.29, 0.717) is 21.4 Å². The van der Waals surface area contributed by atoms with Crippen molar-refractivity contribution < 1.29 is 13.2 Å². The number of benzene rings is 3. The monoisotopic (exact) mass is 420 g/mol. The predicted octanol–water partition coefficient (Wildman–Crippen LogP) is 5.05. The molecular formula is C19H14Cl2N2O3S. The molecule has 0 unspecified atom stereocenters. The maximum absolute atomic E-state index is 12.6. The van der Waals surface area contributed by atoms with E-state index in [2.05, 4.69) is 10.0 Å². The zero-order valence-corrected chi connectivity index (χ0v) is 16.1. The minimum atomic E-state index is -3.83. The van der Waals surface area contributed by atoms with Crippen molar-refractivity contribution in [2.24, 2.45) is 0 Å². The van der Waals surface area contributed by atoms with E-state index >= 15 is 0 Å². The number of sulfonamides is 1. The molecule has 0 saturated carbocycles. The first-order valence-corrected chi connectivity index (χ1v) is 10.0. The molecule has 8 heteroatoms. The van der Waals surface area contributed by atoms with Crippen molar-refractivity contribution in [3.05, 3.63) is 88.4 Å². The highest BCUT2D eigenvalue weighted by Crippen LogP contribution is 2.26. The Morgan fingerprint density at radius 3 is 2.33 bits per heavy atom. The Morgan fingerprint density at radius 2 is 1.59 bits per heavy atom. The minimum Gasteiger partial charge on any atom is -0.321 e. The van der Waals surface area contributed by atoms with Crippen molar-refractivity contribution in [3.63, 3.8) is 0 Å². The molecule has 0 fully saturated rings. The molecule has 2 N–H and O–H groups in total. The molecule has 0 radical (unpaired) electrons. The molecule has 138 valence electrons. The van der Waals surface area contributed by atoms with E-state index in [-0.39, 0.29) is 10.5 Å². The summed E-state index contributed by atoms with van der Waals surface area (Å²) in [5.41, 5.74) is 0.935. The fourth-order valence-electron chi connectivity index (χ4n) is 2.31. The van der Waals surface area contributed by atoms with Gasteiger partial charge in [0.2, 0.25) is 0 Å². The van der Waals surface area contributed by atoms with E-state index in [0.717, 1.165) is 0 Å². The SMILES string of the molecule is O=C(Nc1cc(Cl)ccc1Cl)c1cccc(S(=O)(=O)Nc2ccccc2)c1. The second-order valence-electron chi connectivity index (χ2n) is 5.58. The van der Waals surface area contributed by atoms with Gasteiger partial charge in [-0.05, 0) is 48.5 Å². The number of hydrogen-bond acceptors (Lipinski definition) is 3. The Hall–Kier alpha value is -2.54. The minimum absolute atomic E-state index is 0.0313. The molecule has 0 spiro atoms. The number of amides is 1. The molecule has 3 rings (SSSR count). The van der Waals surface area contributed by atoms with Crippen LogP contribution in [-0.4, -0.2) is 14.3 Å². The molecular weight excluding hydrogens is 407 g/mol. The van der Waals surface area contributed by atoms with Crippen LogP contribution in [0.2, 0.25) is 10.0 Å². The third-order valence-electron chi connectivity index (χ3n) is 3.61. The van der Waals surface area contributed by atoms with Crippen LogP contribution in [-0.2, 0) is 10.0 Å². The molecule has 0 saturated heterocycles. The molecule has 0 heterocycles. The van der Waals surface area contributed by atoms with Crippen molar-refractivity contribution in [1.82, 2.24) is 0 Å². The lowest BCUT2D eigenvalue weighted by Crippen LogP contribution is -2.16. The fourth-order valence-corrected chi connectivity index (χ4v) is 3.75. The third-order valence-corrected chi connectivity index (χ3v) is 5.55. The Morgan fingerprint density at radius 1 is 0.852 bits per heavy atom. The highest BCUT2D eigenvalue weighted by atomic mass is 35.5. The fraction of sp³-hybridized carbons (Fsp3) is 0. The van der Waals surface area contributed by atoms with Crippen molar-refractivity contribution in [1.29, 1.82) is 0 Å². The van der Waals surface area contributed by atoms with Crippen molar-refractivity contribution in [3.8, 4) is 0 Å². The summed E-state index contributed by atoms with van der Waals surface area (Å²) in [6.45, 7) is 0. The molecule has 27 heavy (non-hydrogen) atoms. The smallest absolute Gasteiger partial charge is 0.261 e. The van der Waals surface area contributed by atoms with Crippen molar-refractivity contribution in [2.45, 2.75) is 4.90 Å². The molecule has 3 aromatic rings. The van der Waals surface area contributed by atoms with E-state index in [1.54, 1.807) is 42.5 Å². The molecule has 5 nitrogen and oxygen atoms in total. The average molecular weight is 421 g/mol. The first kappa shape index (κ1) is 19.2. The topological polar surface area (TPSA) is 75.3 Å². The molecule has 0 atom stereocenters. The summed E-state index contributed by atoms with van der Waals surface area (Å²) < 4.78 is 27.6. The number of halogens is 2. The Kier molecular flexibility index (Phi) is 5.70. The van der Waals surface area contributed by atoms with Crippen LogP contribution < -0.4 is 10.0 Å². The predicted molar refractivity (Wildman–Crippen MR) is 108 cm³/mol. The lowest BCUT2D eigenvalue weighted by Gasteiger charge is -2.10. The molecule has 0 bridgehead atoms. The van der Waals surface area contributed by atoms with Gasteiger partial charge in [-0.15, -0.1) is 0 Å². The first-order valence-electron chi connectivity index (χ1n) is 7.79. The summed E-state index contributed by atoms with van der Waals surface area (Å²) in [5.74, 6) is -0.504. The summed E-state index contributed by atoms with van der Waals surface area (Å²) in [6, 6.07) is 18.9. The first-order chi connectivity index (χ1) is 12.8. The van der Waals surface area contributed by atoms with Crippen molar-refractivity contribution in [2.75, 3.05) is 10.0 Å². The van der Waals surface area contributed by atoms with E-state index in [1.165, 1.54) is 30.3 Å². The maximum atomic E-state index is 12.6. The zero-order valence-electron chi connectivity index (χ0n) is 13.8. The maximum Gasteiger partial charge on any atom is 0.261 e. The van der Waals surface area contributed by atoms with Gasteiger partial charge >= 0.3 is 0 Å². The van der Waals surface area contributed by atoms with Gasteiger partial charge < -0.3 is 5.32 Å².